The molecule has 2 atom stereocenters. The van der Waals surface area contributed by atoms with Gasteiger partial charge < -0.3 is 24.5 Å². The van der Waals surface area contributed by atoms with E-state index in [4.69, 9.17) is 9.47 Å². The van der Waals surface area contributed by atoms with Crippen molar-refractivity contribution in [1.82, 2.24) is 9.88 Å². The zero-order chi connectivity index (χ0) is 24.4. The van der Waals surface area contributed by atoms with Crippen molar-refractivity contribution in [2.45, 2.75) is 25.8 Å². The first kappa shape index (κ1) is 23.4. The highest BCUT2D eigenvalue weighted by Gasteiger charge is 2.35. The summed E-state index contributed by atoms with van der Waals surface area (Å²) in [7, 11) is 4.89. The second kappa shape index (κ2) is 9.63. The molecule has 1 aliphatic carbocycles. The maximum atomic E-state index is 14.2. The third-order valence-corrected chi connectivity index (χ3v) is 6.57. The Morgan fingerprint density at radius 3 is 2.50 bits per heavy atom. The normalized spacial score (nSPS) is 18.1. The third kappa shape index (κ3) is 4.51. The van der Waals surface area contributed by atoms with Gasteiger partial charge in [-0.15, -0.1) is 0 Å². The van der Waals surface area contributed by atoms with Crippen molar-refractivity contribution in [3.63, 3.8) is 0 Å². The summed E-state index contributed by atoms with van der Waals surface area (Å²) < 4.78 is 26.7. The monoisotopic (exact) mass is 464 g/mol. The molecule has 3 aromatic rings. The minimum atomic E-state index is -0.325. The second-order valence-electron chi connectivity index (χ2n) is 8.59. The number of aromatic nitrogens is 1. The van der Waals surface area contributed by atoms with Crippen LogP contribution in [0.3, 0.4) is 0 Å². The number of fused-ring (bicyclic) bond motifs is 1. The van der Waals surface area contributed by atoms with Gasteiger partial charge in [-0.1, -0.05) is 19.1 Å². The van der Waals surface area contributed by atoms with E-state index in [0.717, 1.165) is 28.0 Å². The molecule has 0 aliphatic heterocycles. The molecule has 7 heteroatoms. The van der Waals surface area contributed by atoms with Crippen molar-refractivity contribution in [3.05, 3.63) is 76.9 Å². The lowest BCUT2D eigenvalue weighted by Crippen LogP contribution is -2.26. The fourth-order valence-electron chi connectivity index (χ4n) is 4.65. The molecule has 1 aromatic heterocycles. The fraction of sp³-hybridized carbons (Fsp3) is 0.296. The number of carbonyl (C=O) groups is 1. The molecule has 178 valence electrons. The van der Waals surface area contributed by atoms with Crippen molar-refractivity contribution >= 4 is 17.6 Å². The van der Waals surface area contributed by atoms with E-state index in [1.165, 1.54) is 26.4 Å². The van der Waals surface area contributed by atoms with Gasteiger partial charge in [0.05, 0.1) is 20.8 Å². The number of nitrogens with one attached hydrogen (secondary N) is 1. The Morgan fingerprint density at radius 2 is 1.88 bits per heavy atom. The predicted molar refractivity (Wildman–Crippen MR) is 129 cm³/mol. The number of halogens is 1. The molecule has 2 unspecified atom stereocenters. The summed E-state index contributed by atoms with van der Waals surface area (Å²) in [6.07, 6.45) is 4.17. The number of methoxy groups -OCH3 is 2. The summed E-state index contributed by atoms with van der Waals surface area (Å²) in [6, 6.07) is 12.1. The van der Waals surface area contributed by atoms with Gasteiger partial charge in [-0.05, 0) is 70.5 Å². The number of aryl methyl sites for hydroxylation is 1. The molecule has 6 nitrogen and oxygen atoms in total. The third-order valence-electron chi connectivity index (χ3n) is 6.57. The molecule has 0 radical (unpaired) electrons. The quantitative estimate of drug-likeness (QED) is 0.523. The van der Waals surface area contributed by atoms with E-state index >= 15 is 0 Å². The summed E-state index contributed by atoms with van der Waals surface area (Å²) in [5.74, 6) is -0.0612. The highest BCUT2D eigenvalue weighted by molar-refractivity contribution is 5.89. The van der Waals surface area contributed by atoms with Crippen molar-refractivity contribution in [2.75, 3.05) is 14.2 Å². The predicted octanol–water partition coefficient (Wildman–Crippen LogP) is 4.87. The Kier molecular flexibility index (Phi) is 6.63. The van der Waals surface area contributed by atoms with Gasteiger partial charge in [0.15, 0.2) is 11.5 Å². The lowest BCUT2D eigenvalue weighted by atomic mass is 9.88. The molecule has 0 spiro atoms. The summed E-state index contributed by atoms with van der Waals surface area (Å²) in [4.78, 5) is 12.8. The zero-order valence-electron chi connectivity index (χ0n) is 19.8. The van der Waals surface area contributed by atoms with Crippen LogP contribution in [0.25, 0.3) is 11.6 Å². The van der Waals surface area contributed by atoms with Crippen molar-refractivity contribution in [1.29, 1.82) is 0 Å². The molecule has 0 fully saturated rings. The molecule has 2 N–H and O–H groups in total. The number of phenols is 1. The van der Waals surface area contributed by atoms with Gasteiger partial charge in [-0.3, -0.25) is 4.79 Å². The van der Waals surface area contributed by atoms with Gasteiger partial charge in [0, 0.05) is 25.4 Å². The topological polar surface area (TPSA) is 72.7 Å². The smallest absolute Gasteiger partial charge is 0.220 e. The van der Waals surface area contributed by atoms with Crippen LogP contribution in [0.2, 0.25) is 0 Å². The highest BCUT2D eigenvalue weighted by Crippen LogP contribution is 2.49. The van der Waals surface area contributed by atoms with Crippen LogP contribution >= 0.6 is 0 Å². The minimum absolute atomic E-state index is 0.0246. The van der Waals surface area contributed by atoms with Crippen LogP contribution in [0.1, 0.15) is 41.6 Å². The first-order valence-electron chi connectivity index (χ1n) is 11.2. The maximum absolute atomic E-state index is 14.2. The minimum Gasteiger partial charge on any atom is -0.502 e. The first-order chi connectivity index (χ1) is 16.3. The van der Waals surface area contributed by atoms with Gasteiger partial charge in [0.1, 0.15) is 5.82 Å². The number of allylic oxidation sites excluding steroid dienone is 1. The Balaban J connectivity index is 1.63. The average Bonchev–Trinajstić information content (AvgIpc) is 3.34. The van der Waals surface area contributed by atoms with Crippen LogP contribution < -0.4 is 14.8 Å². The van der Waals surface area contributed by atoms with E-state index in [9.17, 15) is 14.3 Å². The molecule has 1 heterocycles. The summed E-state index contributed by atoms with van der Waals surface area (Å²) in [5, 5.41) is 13.2. The van der Waals surface area contributed by atoms with Crippen molar-refractivity contribution in [2.24, 2.45) is 13.0 Å². The molecule has 0 bridgehead atoms. The van der Waals surface area contributed by atoms with E-state index in [1.54, 1.807) is 18.2 Å². The molecule has 1 amide bonds. The standard InChI is InChI=1S/C27H29FN2O4/c1-16-21(10-17-11-24(33-3)27(32)25(12-17)34-4)20-8-7-18(28)13-23(20)22(16)14-26(31)29-15-19-6-5-9-30(19)2/h5-13,16,22,32H,14-15H2,1-4H3,(H,29,31). The second-order valence-corrected chi connectivity index (χ2v) is 8.59. The van der Waals surface area contributed by atoms with Crippen LogP contribution in [0.5, 0.6) is 17.2 Å². The summed E-state index contributed by atoms with van der Waals surface area (Å²) in [6.45, 7) is 2.49. The first-order valence-corrected chi connectivity index (χ1v) is 11.2. The van der Waals surface area contributed by atoms with Crippen LogP contribution in [-0.4, -0.2) is 29.8 Å². The van der Waals surface area contributed by atoms with Gasteiger partial charge in [-0.25, -0.2) is 4.39 Å². The Hall–Kier alpha value is -3.74. The van der Waals surface area contributed by atoms with Crippen LogP contribution in [0.15, 0.2) is 48.7 Å². The van der Waals surface area contributed by atoms with E-state index in [2.05, 4.69) is 5.32 Å². The Bertz CT molecular complexity index is 1220. The molecule has 2 aromatic carbocycles. The molecule has 34 heavy (non-hydrogen) atoms. The van der Waals surface area contributed by atoms with Gasteiger partial charge in [0.25, 0.3) is 0 Å². The number of hydrogen-bond donors (Lipinski definition) is 2. The van der Waals surface area contributed by atoms with Gasteiger partial charge >= 0.3 is 0 Å². The molecule has 0 saturated heterocycles. The fourth-order valence-corrected chi connectivity index (χ4v) is 4.65. The van der Waals surface area contributed by atoms with Gasteiger partial charge in [0.2, 0.25) is 11.7 Å². The van der Waals surface area contributed by atoms with E-state index in [-0.39, 0.29) is 35.7 Å². The van der Waals surface area contributed by atoms with Crippen LogP contribution in [-0.2, 0) is 18.4 Å². The number of amides is 1. The van der Waals surface area contributed by atoms with Crippen molar-refractivity contribution < 1.29 is 23.8 Å². The SMILES string of the molecule is COc1cc(C=C2c3ccc(F)cc3C(CC(=O)NCc3cccn3C)C2C)cc(OC)c1O. The number of nitrogens with zero attached hydrogens (tertiary/aromatic N) is 1. The molecule has 0 saturated carbocycles. The average molecular weight is 465 g/mol. The molecular weight excluding hydrogens is 435 g/mol. The summed E-state index contributed by atoms with van der Waals surface area (Å²) in [5.41, 5.74) is 4.52. The zero-order valence-corrected chi connectivity index (χ0v) is 19.8. The lowest BCUT2D eigenvalue weighted by Gasteiger charge is -2.17. The molecule has 4 rings (SSSR count). The molecular formula is C27H29FN2O4. The summed E-state index contributed by atoms with van der Waals surface area (Å²) >= 11 is 0. The highest BCUT2D eigenvalue weighted by atomic mass is 19.1. The van der Waals surface area contributed by atoms with Crippen LogP contribution in [0.4, 0.5) is 4.39 Å². The number of hydrogen-bond acceptors (Lipinski definition) is 4. The number of ether oxygens (including phenoxy) is 2. The van der Waals surface area contributed by atoms with Gasteiger partial charge in [-0.2, -0.15) is 0 Å². The van der Waals surface area contributed by atoms with E-state index in [0.29, 0.717) is 18.0 Å². The molecule has 1 aliphatic rings. The van der Waals surface area contributed by atoms with E-state index < -0.39 is 0 Å². The lowest BCUT2D eigenvalue weighted by molar-refractivity contribution is -0.121. The van der Waals surface area contributed by atoms with Crippen LogP contribution in [0, 0.1) is 11.7 Å². The van der Waals surface area contributed by atoms with Crippen molar-refractivity contribution in [3.8, 4) is 17.2 Å². The largest absolute Gasteiger partial charge is 0.502 e. The number of carbonyl (C=O) groups excluding carboxylic acids is 1. The Morgan fingerprint density at radius 1 is 1.18 bits per heavy atom. The number of phenolic OH excluding ortho intramolecular Hbond substituents is 1. The number of aromatic hydroxyl groups is 1. The number of rotatable bonds is 7. The number of benzene rings is 2. The Labute approximate surface area is 198 Å². The maximum Gasteiger partial charge on any atom is 0.220 e. The van der Waals surface area contributed by atoms with E-state index in [1.807, 2.05) is 42.9 Å².